The molecule has 2 aromatic rings. The van der Waals surface area contributed by atoms with Gasteiger partial charge in [-0.2, -0.15) is 0 Å². The third-order valence-electron chi connectivity index (χ3n) is 3.52. The molecular weight excluding hydrogens is 224 g/mol. The van der Waals surface area contributed by atoms with Crippen molar-refractivity contribution in [3.8, 4) is 11.1 Å². The minimum absolute atomic E-state index is 0.0158. The van der Waals surface area contributed by atoms with Gasteiger partial charge in [-0.3, -0.25) is 4.79 Å². The first-order valence-corrected chi connectivity index (χ1v) is 5.84. The fraction of sp³-hybridized carbons (Fsp3) is 0.133. The maximum Gasteiger partial charge on any atom is 0.194 e. The van der Waals surface area contributed by atoms with Crippen molar-refractivity contribution in [2.75, 3.05) is 11.5 Å². The van der Waals surface area contributed by atoms with Crippen molar-refractivity contribution in [2.24, 2.45) is 0 Å². The first-order valence-electron chi connectivity index (χ1n) is 5.84. The first kappa shape index (κ1) is 10.8. The predicted molar refractivity (Wildman–Crippen MR) is 73.6 cm³/mol. The van der Waals surface area contributed by atoms with Gasteiger partial charge in [-0.15, -0.1) is 0 Å². The maximum absolute atomic E-state index is 12.3. The number of nitrogens with two attached hydrogens (primary N) is 2. The number of hydrogen-bond donors (Lipinski definition) is 2. The van der Waals surface area contributed by atoms with Gasteiger partial charge in [0.1, 0.15) is 0 Å². The molecule has 1 aliphatic carbocycles. The second-order valence-corrected chi connectivity index (χ2v) is 4.84. The summed E-state index contributed by atoms with van der Waals surface area (Å²) < 4.78 is 0. The highest BCUT2D eigenvalue weighted by atomic mass is 16.1. The van der Waals surface area contributed by atoms with Crippen molar-refractivity contribution in [3.05, 3.63) is 46.5 Å². The van der Waals surface area contributed by atoms with Crippen LogP contribution in [0.2, 0.25) is 0 Å². The molecule has 3 rings (SSSR count). The molecule has 0 radical (unpaired) electrons. The third kappa shape index (κ3) is 1.27. The molecule has 0 bridgehead atoms. The highest BCUT2D eigenvalue weighted by Gasteiger charge is 2.28. The quantitative estimate of drug-likeness (QED) is 0.591. The second kappa shape index (κ2) is 3.35. The van der Waals surface area contributed by atoms with Crippen LogP contribution in [0.4, 0.5) is 11.4 Å². The van der Waals surface area contributed by atoms with Crippen molar-refractivity contribution in [1.29, 1.82) is 0 Å². The number of anilines is 2. The molecule has 18 heavy (non-hydrogen) atoms. The molecule has 0 amide bonds. The van der Waals surface area contributed by atoms with Gasteiger partial charge in [-0.05, 0) is 60.4 Å². The molecule has 2 aromatic carbocycles. The van der Waals surface area contributed by atoms with E-state index in [1.165, 1.54) is 0 Å². The number of benzene rings is 2. The maximum atomic E-state index is 12.3. The van der Waals surface area contributed by atoms with E-state index in [0.717, 1.165) is 22.3 Å². The van der Waals surface area contributed by atoms with E-state index in [0.29, 0.717) is 22.5 Å². The molecule has 3 heteroatoms. The molecule has 4 N–H and O–H groups in total. The standard InChI is InChI=1S/C15H14N2O/c1-7-4-10-11(6-13(7)17)15(18)12-5-9(16)3-8(2)14(10)12/h3-6H,16-17H2,1-2H3. The van der Waals surface area contributed by atoms with Crippen molar-refractivity contribution < 1.29 is 4.79 Å². The normalized spacial score (nSPS) is 12.4. The average Bonchev–Trinajstić information content (AvgIpc) is 2.54. The van der Waals surface area contributed by atoms with Crippen LogP contribution < -0.4 is 11.5 Å². The number of hydrogen-bond acceptors (Lipinski definition) is 3. The Hall–Kier alpha value is -2.29. The lowest BCUT2D eigenvalue weighted by atomic mass is 9.98. The summed E-state index contributed by atoms with van der Waals surface area (Å²) in [5, 5.41) is 0. The van der Waals surface area contributed by atoms with Crippen LogP contribution in [0, 0.1) is 13.8 Å². The Bertz CT molecular complexity index is 702. The molecule has 0 aliphatic heterocycles. The largest absolute Gasteiger partial charge is 0.399 e. The second-order valence-electron chi connectivity index (χ2n) is 4.84. The van der Waals surface area contributed by atoms with Crippen LogP contribution in [0.1, 0.15) is 27.0 Å². The van der Waals surface area contributed by atoms with E-state index in [2.05, 4.69) is 0 Å². The minimum Gasteiger partial charge on any atom is -0.399 e. The molecule has 0 heterocycles. The zero-order valence-corrected chi connectivity index (χ0v) is 10.4. The van der Waals surface area contributed by atoms with Gasteiger partial charge in [0.25, 0.3) is 0 Å². The molecule has 0 saturated carbocycles. The van der Waals surface area contributed by atoms with Crippen LogP contribution in [0.25, 0.3) is 11.1 Å². The predicted octanol–water partition coefficient (Wildman–Crippen LogP) is 2.68. The summed E-state index contributed by atoms with van der Waals surface area (Å²) in [6.45, 7) is 3.92. The molecule has 0 aromatic heterocycles. The Morgan fingerprint density at radius 1 is 0.833 bits per heavy atom. The zero-order valence-electron chi connectivity index (χ0n) is 10.4. The summed E-state index contributed by atoms with van der Waals surface area (Å²) in [5.74, 6) is 0.0158. The van der Waals surface area contributed by atoms with Gasteiger partial charge in [0, 0.05) is 22.5 Å². The molecule has 0 spiro atoms. The summed E-state index contributed by atoms with van der Waals surface area (Å²) in [6, 6.07) is 7.39. The van der Waals surface area contributed by atoms with Crippen LogP contribution in [-0.2, 0) is 0 Å². The van der Waals surface area contributed by atoms with Crippen LogP contribution in [0.3, 0.4) is 0 Å². The number of carbonyl (C=O) groups excluding carboxylic acids is 1. The Labute approximate surface area is 105 Å². The lowest BCUT2D eigenvalue weighted by Crippen LogP contribution is -1.98. The van der Waals surface area contributed by atoms with Gasteiger partial charge in [0.05, 0.1) is 0 Å². The van der Waals surface area contributed by atoms with Crippen molar-refractivity contribution in [1.82, 2.24) is 0 Å². The highest BCUT2D eigenvalue weighted by molar-refractivity contribution is 6.23. The van der Waals surface area contributed by atoms with E-state index in [-0.39, 0.29) is 5.78 Å². The highest BCUT2D eigenvalue weighted by Crippen LogP contribution is 2.41. The SMILES string of the molecule is Cc1cc2c(cc1N)C(=O)c1cc(N)cc(C)c1-2. The van der Waals surface area contributed by atoms with E-state index in [9.17, 15) is 4.79 Å². The van der Waals surface area contributed by atoms with Gasteiger partial charge in [0.2, 0.25) is 0 Å². The van der Waals surface area contributed by atoms with Crippen LogP contribution in [0.15, 0.2) is 24.3 Å². The molecule has 1 aliphatic rings. The molecule has 90 valence electrons. The smallest absolute Gasteiger partial charge is 0.194 e. The Kier molecular flexibility index (Phi) is 2.02. The van der Waals surface area contributed by atoms with Gasteiger partial charge < -0.3 is 11.5 Å². The lowest BCUT2D eigenvalue weighted by molar-refractivity contribution is 0.104. The summed E-state index contributed by atoms with van der Waals surface area (Å²) >= 11 is 0. The molecule has 0 atom stereocenters. The minimum atomic E-state index is 0.0158. The zero-order chi connectivity index (χ0) is 13.0. The third-order valence-corrected chi connectivity index (χ3v) is 3.52. The van der Waals surface area contributed by atoms with Crippen LogP contribution in [0.5, 0.6) is 0 Å². The van der Waals surface area contributed by atoms with Gasteiger partial charge in [-0.1, -0.05) is 0 Å². The van der Waals surface area contributed by atoms with Gasteiger partial charge >= 0.3 is 0 Å². The van der Waals surface area contributed by atoms with E-state index in [4.69, 9.17) is 11.5 Å². The summed E-state index contributed by atoms with van der Waals surface area (Å²) in [6.07, 6.45) is 0. The summed E-state index contributed by atoms with van der Waals surface area (Å²) in [5.41, 5.74) is 18.3. The molecular formula is C15H14N2O. The van der Waals surface area contributed by atoms with Crippen LogP contribution in [-0.4, -0.2) is 5.78 Å². The molecule has 0 unspecified atom stereocenters. The first-order chi connectivity index (χ1) is 8.49. The van der Waals surface area contributed by atoms with Crippen molar-refractivity contribution in [2.45, 2.75) is 13.8 Å². The van der Waals surface area contributed by atoms with E-state index >= 15 is 0 Å². The Morgan fingerprint density at radius 2 is 1.56 bits per heavy atom. The number of rotatable bonds is 0. The molecule has 0 saturated heterocycles. The Balaban J connectivity index is 2.41. The monoisotopic (exact) mass is 238 g/mol. The fourth-order valence-corrected chi connectivity index (χ4v) is 2.62. The van der Waals surface area contributed by atoms with Gasteiger partial charge in [-0.25, -0.2) is 0 Å². The molecule has 3 nitrogen and oxygen atoms in total. The van der Waals surface area contributed by atoms with Crippen LogP contribution >= 0.6 is 0 Å². The topological polar surface area (TPSA) is 69.1 Å². The number of fused-ring (bicyclic) bond motifs is 3. The van der Waals surface area contributed by atoms with Gasteiger partial charge in [0.15, 0.2) is 5.78 Å². The number of ketones is 1. The van der Waals surface area contributed by atoms with E-state index in [1.807, 2.05) is 26.0 Å². The molecule has 0 fully saturated rings. The van der Waals surface area contributed by atoms with Crippen molar-refractivity contribution in [3.63, 3.8) is 0 Å². The Morgan fingerprint density at radius 3 is 2.28 bits per heavy atom. The lowest BCUT2D eigenvalue weighted by Gasteiger charge is -2.07. The fourth-order valence-electron chi connectivity index (χ4n) is 2.62. The average molecular weight is 238 g/mol. The van der Waals surface area contributed by atoms with E-state index in [1.54, 1.807) is 12.1 Å². The summed E-state index contributed by atoms with van der Waals surface area (Å²) in [7, 11) is 0. The number of nitrogen functional groups attached to an aromatic ring is 2. The number of aryl methyl sites for hydroxylation is 2. The van der Waals surface area contributed by atoms with Crippen molar-refractivity contribution >= 4 is 17.2 Å². The van der Waals surface area contributed by atoms with E-state index < -0.39 is 0 Å². The summed E-state index contributed by atoms with van der Waals surface area (Å²) in [4.78, 5) is 12.3. The number of carbonyl (C=O) groups is 1.